The number of aromatic nitrogens is 1. The summed E-state index contributed by atoms with van der Waals surface area (Å²) in [6.45, 7) is 2.47. The van der Waals surface area contributed by atoms with Crippen molar-refractivity contribution in [3.63, 3.8) is 0 Å². The molecule has 0 aliphatic carbocycles. The van der Waals surface area contributed by atoms with Crippen molar-refractivity contribution < 1.29 is 9.53 Å². The van der Waals surface area contributed by atoms with Gasteiger partial charge in [0.15, 0.2) is 0 Å². The molecule has 1 aromatic carbocycles. The van der Waals surface area contributed by atoms with Crippen LogP contribution in [0.2, 0.25) is 0 Å². The summed E-state index contributed by atoms with van der Waals surface area (Å²) >= 11 is 1.60. The lowest BCUT2D eigenvalue weighted by Gasteiger charge is -2.11. The maximum absolute atomic E-state index is 12.2. The molecule has 1 aromatic heterocycles. The Morgan fingerprint density at radius 1 is 1.50 bits per heavy atom. The molecule has 20 heavy (non-hydrogen) atoms. The zero-order valence-corrected chi connectivity index (χ0v) is 12.3. The second-order valence-corrected chi connectivity index (χ2v) is 5.26. The van der Waals surface area contributed by atoms with Crippen molar-refractivity contribution in [2.24, 2.45) is 0 Å². The Morgan fingerprint density at radius 3 is 2.95 bits per heavy atom. The van der Waals surface area contributed by atoms with Crippen LogP contribution >= 0.6 is 11.3 Å². The average Bonchev–Trinajstić information content (AvgIpc) is 2.83. The number of nitrogens with one attached hydrogen (secondary N) is 1. The SMILES string of the molecule is COc1cccc(N)c1C(=O)NCCc1nc(C)cs1. The van der Waals surface area contributed by atoms with Gasteiger partial charge in [0, 0.05) is 29.7 Å². The van der Waals surface area contributed by atoms with Crippen LogP contribution in [0.5, 0.6) is 5.75 Å². The highest BCUT2D eigenvalue weighted by atomic mass is 32.1. The van der Waals surface area contributed by atoms with Gasteiger partial charge in [-0.3, -0.25) is 4.79 Å². The number of hydrogen-bond donors (Lipinski definition) is 2. The smallest absolute Gasteiger partial charge is 0.257 e. The van der Waals surface area contributed by atoms with E-state index in [0.717, 1.165) is 10.7 Å². The first-order chi connectivity index (χ1) is 9.61. The van der Waals surface area contributed by atoms with E-state index >= 15 is 0 Å². The Morgan fingerprint density at radius 2 is 2.30 bits per heavy atom. The van der Waals surface area contributed by atoms with E-state index in [9.17, 15) is 4.79 Å². The second kappa shape index (κ2) is 6.38. The third-order valence-corrected chi connectivity index (χ3v) is 3.82. The molecule has 0 saturated heterocycles. The van der Waals surface area contributed by atoms with Crippen molar-refractivity contribution in [1.29, 1.82) is 0 Å². The average molecular weight is 291 g/mol. The largest absolute Gasteiger partial charge is 0.496 e. The summed E-state index contributed by atoms with van der Waals surface area (Å²) in [5.41, 5.74) is 7.63. The fourth-order valence-corrected chi connectivity index (χ4v) is 2.63. The number of ether oxygens (including phenoxy) is 1. The third-order valence-electron chi connectivity index (χ3n) is 2.80. The summed E-state index contributed by atoms with van der Waals surface area (Å²) in [6, 6.07) is 5.15. The number of carbonyl (C=O) groups excluding carboxylic acids is 1. The number of nitrogens with zero attached hydrogens (tertiary/aromatic N) is 1. The van der Waals surface area contributed by atoms with Crippen LogP contribution in [-0.4, -0.2) is 24.5 Å². The number of carbonyl (C=O) groups is 1. The quantitative estimate of drug-likeness (QED) is 0.826. The summed E-state index contributed by atoms with van der Waals surface area (Å²) in [6.07, 6.45) is 0.708. The van der Waals surface area contributed by atoms with Gasteiger partial charge in [0.2, 0.25) is 0 Å². The van der Waals surface area contributed by atoms with Gasteiger partial charge in [-0.2, -0.15) is 0 Å². The number of amides is 1. The minimum Gasteiger partial charge on any atom is -0.496 e. The van der Waals surface area contributed by atoms with Crippen LogP contribution in [0.4, 0.5) is 5.69 Å². The number of thiazole rings is 1. The summed E-state index contributed by atoms with van der Waals surface area (Å²) in [7, 11) is 1.52. The topological polar surface area (TPSA) is 77.2 Å². The van der Waals surface area contributed by atoms with Crippen molar-refractivity contribution in [1.82, 2.24) is 10.3 Å². The first kappa shape index (κ1) is 14.3. The molecule has 0 aliphatic heterocycles. The normalized spacial score (nSPS) is 10.3. The Hall–Kier alpha value is -2.08. The van der Waals surface area contributed by atoms with Gasteiger partial charge in [-0.15, -0.1) is 11.3 Å². The Bertz CT molecular complexity index is 610. The minimum absolute atomic E-state index is 0.228. The number of aryl methyl sites for hydroxylation is 1. The summed E-state index contributed by atoms with van der Waals surface area (Å²) < 4.78 is 5.16. The van der Waals surface area contributed by atoms with Crippen LogP contribution in [0.1, 0.15) is 21.1 Å². The lowest BCUT2D eigenvalue weighted by Crippen LogP contribution is -2.27. The third kappa shape index (κ3) is 3.27. The number of anilines is 1. The maximum Gasteiger partial charge on any atom is 0.257 e. The molecule has 0 fully saturated rings. The van der Waals surface area contributed by atoms with Gasteiger partial charge in [-0.1, -0.05) is 6.07 Å². The summed E-state index contributed by atoms with van der Waals surface area (Å²) in [4.78, 5) is 16.5. The molecule has 2 rings (SSSR count). The van der Waals surface area contributed by atoms with Crippen LogP contribution in [0.3, 0.4) is 0 Å². The van der Waals surface area contributed by atoms with Gasteiger partial charge in [0.1, 0.15) is 11.3 Å². The molecule has 5 nitrogen and oxygen atoms in total. The van der Waals surface area contributed by atoms with Gasteiger partial charge >= 0.3 is 0 Å². The molecule has 0 unspecified atom stereocenters. The van der Waals surface area contributed by atoms with Crippen molar-refractivity contribution in [3.8, 4) is 5.75 Å². The van der Waals surface area contributed by atoms with Gasteiger partial charge in [0.05, 0.1) is 12.1 Å². The molecule has 3 N–H and O–H groups in total. The number of nitrogen functional groups attached to an aromatic ring is 1. The van der Waals surface area contributed by atoms with Gasteiger partial charge in [0.25, 0.3) is 5.91 Å². The molecule has 0 radical (unpaired) electrons. The van der Waals surface area contributed by atoms with Gasteiger partial charge < -0.3 is 15.8 Å². The summed E-state index contributed by atoms with van der Waals surface area (Å²) in [5, 5.41) is 5.85. The molecule has 6 heteroatoms. The van der Waals surface area contributed by atoms with Gasteiger partial charge in [-0.05, 0) is 19.1 Å². The first-order valence-corrected chi connectivity index (χ1v) is 7.11. The molecule has 0 saturated carbocycles. The zero-order valence-electron chi connectivity index (χ0n) is 11.5. The van der Waals surface area contributed by atoms with Gasteiger partial charge in [-0.25, -0.2) is 4.98 Å². The lowest BCUT2D eigenvalue weighted by atomic mass is 10.1. The van der Waals surface area contributed by atoms with E-state index in [2.05, 4.69) is 10.3 Å². The van der Waals surface area contributed by atoms with E-state index < -0.39 is 0 Å². The Kier molecular flexibility index (Phi) is 4.57. The minimum atomic E-state index is -0.228. The van der Waals surface area contributed by atoms with E-state index in [1.165, 1.54) is 7.11 Å². The lowest BCUT2D eigenvalue weighted by molar-refractivity contribution is 0.0952. The molecule has 0 spiro atoms. The number of nitrogens with two attached hydrogens (primary N) is 1. The van der Waals surface area contributed by atoms with Crippen LogP contribution in [-0.2, 0) is 6.42 Å². The highest BCUT2D eigenvalue weighted by molar-refractivity contribution is 7.09. The molecule has 0 bridgehead atoms. The molecule has 106 valence electrons. The molecule has 0 aliphatic rings. The number of methoxy groups -OCH3 is 1. The standard InChI is InChI=1S/C14H17N3O2S/c1-9-8-20-12(17-9)6-7-16-14(18)13-10(15)4-3-5-11(13)19-2/h3-5,8H,6-7,15H2,1-2H3,(H,16,18). The van der Waals surface area contributed by atoms with Crippen LogP contribution in [0.25, 0.3) is 0 Å². The Labute approximate surface area is 121 Å². The van der Waals surface area contributed by atoms with E-state index in [1.54, 1.807) is 29.5 Å². The molecular weight excluding hydrogens is 274 g/mol. The van der Waals surface area contributed by atoms with E-state index in [-0.39, 0.29) is 5.91 Å². The first-order valence-electron chi connectivity index (χ1n) is 6.23. The highest BCUT2D eigenvalue weighted by Crippen LogP contribution is 2.23. The molecule has 1 amide bonds. The second-order valence-electron chi connectivity index (χ2n) is 4.31. The fourth-order valence-electron chi connectivity index (χ4n) is 1.85. The predicted octanol–water partition coefficient (Wildman–Crippen LogP) is 2.01. The van der Waals surface area contributed by atoms with Crippen molar-refractivity contribution >= 4 is 22.9 Å². The predicted molar refractivity (Wildman–Crippen MR) is 80.3 cm³/mol. The molecular formula is C14H17N3O2S. The highest BCUT2D eigenvalue weighted by Gasteiger charge is 2.15. The van der Waals surface area contributed by atoms with Crippen LogP contribution in [0, 0.1) is 6.92 Å². The van der Waals surface area contributed by atoms with Crippen LogP contribution < -0.4 is 15.8 Å². The molecule has 2 aromatic rings. The zero-order chi connectivity index (χ0) is 14.5. The monoisotopic (exact) mass is 291 g/mol. The summed E-state index contributed by atoms with van der Waals surface area (Å²) in [5.74, 6) is 0.251. The number of benzene rings is 1. The van der Waals surface area contributed by atoms with E-state index in [1.807, 2.05) is 12.3 Å². The number of rotatable bonds is 5. The molecule has 1 heterocycles. The van der Waals surface area contributed by atoms with Crippen molar-refractivity contribution in [2.75, 3.05) is 19.4 Å². The van der Waals surface area contributed by atoms with Crippen molar-refractivity contribution in [2.45, 2.75) is 13.3 Å². The van der Waals surface area contributed by atoms with Crippen LogP contribution in [0.15, 0.2) is 23.6 Å². The van der Waals surface area contributed by atoms with Crippen molar-refractivity contribution in [3.05, 3.63) is 39.8 Å². The number of hydrogen-bond acceptors (Lipinski definition) is 5. The maximum atomic E-state index is 12.2. The molecule has 0 atom stereocenters. The Balaban J connectivity index is 1.98. The fraction of sp³-hybridized carbons (Fsp3) is 0.286. The van der Waals surface area contributed by atoms with E-state index in [4.69, 9.17) is 10.5 Å². The van der Waals surface area contributed by atoms with E-state index in [0.29, 0.717) is 30.0 Å².